The van der Waals surface area contributed by atoms with Crippen LogP contribution in [0.15, 0.2) is 60.7 Å². The summed E-state index contributed by atoms with van der Waals surface area (Å²) >= 11 is 12.5. The first-order chi connectivity index (χ1) is 22.5. The maximum absolute atomic E-state index is 13.5. The van der Waals surface area contributed by atoms with Gasteiger partial charge in [0.15, 0.2) is 0 Å². The van der Waals surface area contributed by atoms with Crippen LogP contribution in [0, 0.1) is 0 Å². The van der Waals surface area contributed by atoms with E-state index in [1.54, 1.807) is 37.4 Å². The van der Waals surface area contributed by atoms with Crippen LogP contribution in [0.2, 0.25) is 10.0 Å². The molecule has 0 heterocycles. The van der Waals surface area contributed by atoms with Gasteiger partial charge in [0.05, 0.1) is 38.5 Å². The number of carbonyl (C=O) groups is 3. The Morgan fingerprint density at radius 1 is 0.851 bits per heavy atom. The molecule has 3 amide bonds. The number of nitrogens with one attached hydrogen (secondary N) is 2. The molecular weight excluding hydrogens is 639 g/mol. The number of hydrogen-bond acceptors (Lipinski definition) is 6. The normalized spacial score (nSPS) is 12.3. The first-order valence-corrected chi connectivity index (χ1v) is 16.7. The van der Waals surface area contributed by atoms with Crippen molar-refractivity contribution in [3.63, 3.8) is 0 Å². The van der Waals surface area contributed by atoms with Gasteiger partial charge in [-0.3, -0.25) is 14.4 Å². The third-order valence-corrected chi connectivity index (χ3v) is 7.99. The van der Waals surface area contributed by atoms with Crippen LogP contribution in [-0.4, -0.2) is 66.6 Å². The van der Waals surface area contributed by atoms with Gasteiger partial charge < -0.3 is 31.1 Å². The highest BCUT2D eigenvalue weighted by Gasteiger charge is 2.23. The van der Waals surface area contributed by atoms with E-state index in [2.05, 4.69) is 10.6 Å². The highest BCUT2D eigenvalue weighted by atomic mass is 35.5. The third-order valence-electron chi connectivity index (χ3n) is 7.56. The molecule has 3 aromatic carbocycles. The van der Waals surface area contributed by atoms with Gasteiger partial charge in [0, 0.05) is 36.2 Å². The van der Waals surface area contributed by atoms with Crippen LogP contribution in [0.25, 0.3) is 0 Å². The molecule has 0 aliphatic heterocycles. The number of benzene rings is 3. The molecule has 0 fully saturated rings. The number of nitrogens with zero attached hydrogens (tertiary/aromatic N) is 1. The average molecular weight is 686 g/mol. The zero-order valence-corrected chi connectivity index (χ0v) is 28.9. The van der Waals surface area contributed by atoms with Crippen LogP contribution >= 0.6 is 23.2 Å². The Morgan fingerprint density at radius 3 is 2.06 bits per heavy atom. The Morgan fingerprint density at radius 2 is 1.47 bits per heavy atom. The fraction of sp³-hybridized carbons (Fsp3) is 0.417. The van der Waals surface area contributed by atoms with E-state index in [-0.39, 0.29) is 44.0 Å². The quantitative estimate of drug-likeness (QED) is 0.145. The lowest BCUT2D eigenvalue weighted by atomic mass is 9.98. The fourth-order valence-corrected chi connectivity index (χ4v) is 6.10. The lowest BCUT2D eigenvalue weighted by molar-refractivity contribution is -0.130. The average Bonchev–Trinajstić information content (AvgIpc) is 2.99. The molecule has 0 saturated carbocycles. The molecule has 5 N–H and O–H groups in total. The number of ether oxygens (including phenoxy) is 1. The Labute approximate surface area is 287 Å². The van der Waals surface area contributed by atoms with Gasteiger partial charge >= 0.3 is 0 Å². The van der Waals surface area contributed by atoms with Crippen molar-refractivity contribution in [3.05, 3.63) is 98.5 Å². The summed E-state index contributed by atoms with van der Waals surface area (Å²) in [6.45, 7) is 6.07. The van der Waals surface area contributed by atoms with Gasteiger partial charge in [0.2, 0.25) is 17.7 Å². The van der Waals surface area contributed by atoms with E-state index in [4.69, 9.17) is 33.7 Å². The van der Waals surface area contributed by atoms with E-state index < -0.39 is 18.1 Å². The Hall–Kier alpha value is -3.63. The number of methoxy groups -OCH3 is 1. The van der Waals surface area contributed by atoms with Gasteiger partial charge in [0.25, 0.3) is 0 Å². The summed E-state index contributed by atoms with van der Waals surface area (Å²) < 4.78 is 5.29. The zero-order chi connectivity index (χ0) is 34.3. The van der Waals surface area contributed by atoms with Gasteiger partial charge in [-0.15, -0.1) is 0 Å². The molecule has 11 heteroatoms. The molecule has 0 spiro atoms. The maximum Gasteiger partial charge on any atom is 0.226 e. The molecule has 0 radical (unpaired) electrons. The lowest BCUT2D eigenvalue weighted by Gasteiger charge is -2.25. The van der Waals surface area contributed by atoms with Gasteiger partial charge in [-0.05, 0) is 77.4 Å². The highest BCUT2D eigenvalue weighted by molar-refractivity contribution is 6.34. The molecule has 3 aromatic rings. The topological polar surface area (TPSA) is 134 Å². The van der Waals surface area contributed by atoms with Crippen LogP contribution in [0.5, 0.6) is 5.75 Å². The molecule has 0 saturated heterocycles. The highest BCUT2D eigenvalue weighted by Crippen LogP contribution is 2.21. The van der Waals surface area contributed by atoms with E-state index in [1.165, 1.54) is 0 Å². The Balaban J connectivity index is 1.78. The van der Waals surface area contributed by atoms with Gasteiger partial charge in [0.1, 0.15) is 5.75 Å². The number of amides is 3. The fourth-order valence-electron chi connectivity index (χ4n) is 5.53. The summed E-state index contributed by atoms with van der Waals surface area (Å²) in [5.41, 5.74) is 9.21. The molecule has 9 nitrogen and oxygen atoms in total. The van der Waals surface area contributed by atoms with E-state index in [9.17, 15) is 19.5 Å². The number of aliphatic hydroxyl groups is 1. The van der Waals surface area contributed by atoms with Crippen LogP contribution in [0.1, 0.15) is 54.5 Å². The molecule has 0 aliphatic carbocycles. The number of hydrogen-bond donors (Lipinski definition) is 4. The number of halogens is 2. The van der Waals surface area contributed by atoms with E-state index in [1.807, 2.05) is 49.1 Å². The molecule has 254 valence electrons. The molecule has 0 aliphatic rings. The number of aliphatic hydroxyl groups excluding tert-OH is 1. The molecule has 47 heavy (non-hydrogen) atoms. The van der Waals surface area contributed by atoms with Crippen molar-refractivity contribution in [2.24, 2.45) is 5.73 Å². The predicted octanol–water partition coefficient (Wildman–Crippen LogP) is 4.64. The van der Waals surface area contributed by atoms with Crippen LogP contribution < -0.4 is 21.1 Å². The first-order valence-electron chi connectivity index (χ1n) is 15.9. The minimum Gasteiger partial charge on any atom is -0.497 e. The third kappa shape index (κ3) is 13.2. The van der Waals surface area contributed by atoms with Gasteiger partial charge in [-0.1, -0.05) is 67.4 Å². The van der Waals surface area contributed by atoms with Gasteiger partial charge in [-0.2, -0.15) is 0 Å². The Bertz CT molecular complexity index is 1480. The molecule has 3 rings (SSSR count). The van der Waals surface area contributed by atoms with E-state index in [0.717, 1.165) is 29.7 Å². The van der Waals surface area contributed by atoms with Crippen LogP contribution in [0.4, 0.5) is 0 Å². The van der Waals surface area contributed by atoms with Crippen molar-refractivity contribution in [1.29, 1.82) is 0 Å². The summed E-state index contributed by atoms with van der Waals surface area (Å²) in [6.07, 6.45) is 1.13. The monoisotopic (exact) mass is 684 g/mol. The number of rotatable bonds is 19. The number of carbonyl (C=O) groups excluding carboxylic acids is 3. The first kappa shape index (κ1) is 37.8. The number of primary amides is 1. The minimum absolute atomic E-state index is 0.00913. The second-order valence-electron chi connectivity index (χ2n) is 11.7. The molecule has 0 aromatic heterocycles. The molecule has 0 unspecified atom stereocenters. The van der Waals surface area contributed by atoms with E-state index in [0.29, 0.717) is 46.4 Å². The second kappa shape index (κ2) is 19.3. The summed E-state index contributed by atoms with van der Waals surface area (Å²) in [5.74, 6) is -0.112. The van der Waals surface area contributed by atoms with Crippen molar-refractivity contribution in [3.8, 4) is 5.75 Å². The van der Waals surface area contributed by atoms with Crippen LogP contribution in [-0.2, 0) is 46.6 Å². The molecule has 2 atom stereocenters. The van der Waals surface area contributed by atoms with Crippen molar-refractivity contribution < 1.29 is 24.2 Å². The zero-order valence-electron chi connectivity index (χ0n) is 27.4. The summed E-state index contributed by atoms with van der Waals surface area (Å²) in [4.78, 5) is 40.2. The van der Waals surface area contributed by atoms with Crippen molar-refractivity contribution >= 4 is 40.9 Å². The smallest absolute Gasteiger partial charge is 0.226 e. The largest absolute Gasteiger partial charge is 0.497 e. The predicted molar refractivity (Wildman–Crippen MR) is 187 cm³/mol. The summed E-state index contributed by atoms with van der Waals surface area (Å²) in [5, 5.41) is 18.4. The summed E-state index contributed by atoms with van der Waals surface area (Å²) in [6, 6.07) is 17.4. The molecule has 0 bridgehead atoms. The SMILES string of the molecule is CCCN(CCC)C(=O)Cc1cc(CC(N)=O)cc(CC(=O)N[C@@H](Cc2cc(Cl)cc(Cl)c2)[C@H](O)CNCc2cccc(OC)c2)c1. The maximum atomic E-state index is 13.5. The van der Waals surface area contributed by atoms with Gasteiger partial charge in [-0.25, -0.2) is 0 Å². The summed E-state index contributed by atoms with van der Waals surface area (Å²) in [7, 11) is 1.61. The van der Waals surface area contributed by atoms with Crippen molar-refractivity contribution in [2.75, 3.05) is 26.7 Å². The minimum atomic E-state index is -0.959. The van der Waals surface area contributed by atoms with Crippen molar-refractivity contribution in [1.82, 2.24) is 15.5 Å². The van der Waals surface area contributed by atoms with Crippen LogP contribution in [0.3, 0.4) is 0 Å². The second-order valence-corrected chi connectivity index (χ2v) is 12.6. The molecular formula is C36H46Cl2N4O5. The van der Waals surface area contributed by atoms with E-state index >= 15 is 0 Å². The Kier molecular flexibility index (Phi) is 15.5. The van der Waals surface area contributed by atoms with Crippen molar-refractivity contribution in [2.45, 2.75) is 71.1 Å². The number of nitrogens with two attached hydrogens (primary N) is 1. The lowest BCUT2D eigenvalue weighted by Crippen LogP contribution is -2.49. The standard InChI is InChI=1S/C36H46Cl2N4O5/c1-4-9-42(10-5-2)36(46)20-27-12-25(18-34(39)44)11-26(13-27)19-35(45)41-32(17-28-14-29(37)21-30(38)15-28)33(43)23-40-22-24-7-6-8-31(16-24)47-3/h6-8,11-16,21,32-33,40,43H,4-5,9-10,17-20,22-23H2,1-3H3,(H2,39,44)(H,41,45)/t32-,33+/m0/s1.